The average molecular weight is 246 g/mol. The molecule has 1 aromatic rings. The molecular formula is C16H22O2. The maximum absolute atomic E-state index is 12.0. The zero-order chi connectivity index (χ0) is 13.6. The van der Waals surface area contributed by atoms with Gasteiger partial charge in [0.15, 0.2) is 0 Å². The van der Waals surface area contributed by atoms with Crippen LogP contribution >= 0.6 is 0 Å². The maximum Gasteiger partial charge on any atom is 0.145 e. The van der Waals surface area contributed by atoms with Gasteiger partial charge >= 0.3 is 0 Å². The number of Topliss-reactive ketones (excluding diaryl/α,β-unsaturated/α-hetero) is 1. The number of hydrogen-bond donors (Lipinski definition) is 0. The summed E-state index contributed by atoms with van der Waals surface area (Å²) >= 11 is 0. The summed E-state index contributed by atoms with van der Waals surface area (Å²) in [5, 5.41) is 0. The molecule has 2 heteroatoms. The van der Waals surface area contributed by atoms with Crippen molar-refractivity contribution in [3.63, 3.8) is 0 Å². The third-order valence-electron chi connectivity index (χ3n) is 3.99. The normalized spacial score (nSPS) is 18.3. The molecule has 1 aromatic carbocycles. The van der Waals surface area contributed by atoms with Gasteiger partial charge in [0.05, 0.1) is 13.2 Å². The molecule has 1 saturated heterocycles. The smallest absolute Gasteiger partial charge is 0.145 e. The fourth-order valence-corrected chi connectivity index (χ4v) is 2.46. The van der Waals surface area contributed by atoms with Gasteiger partial charge in [-0.3, -0.25) is 4.79 Å². The molecule has 18 heavy (non-hydrogen) atoms. The molecule has 1 aliphatic rings. The summed E-state index contributed by atoms with van der Waals surface area (Å²) < 4.78 is 5.31. The van der Waals surface area contributed by atoms with Crippen molar-refractivity contribution in [2.75, 3.05) is 13.2 Å². The average Bonchev–Trinajstić information content (AvgIpc) is 2.16. The first-order valence-corrected chi connectivity index (χ1v) is 6.48. The number of rotatable bonds is 2. The molecule has 2 rings (SSSR count). The summed E-state index contributed by atoms with van der Waals surface area (Å²) in [6.45, 7) is 11.4. The lowest BCUT2D eigenvalue weighted by Crippen LogP contribution is -2.52. The van der Waals surface area contributed by atoms with Gasteiger partial charge < -0.3 is 4.74 Å². The molecule has 0 aromatic heterocycles. The highest BCUT2D eigenvalue weighted by Crippen LogP contribution is 2.37. The molecule has 0 radical (unpaired) electrons. The van der Waals surface area contributed by atoms with Crippen LogP contribution in [0.5, 0.6) is 0 Å². The van der Waals surface area contributed by atoms with Crippen molar-refractivity contribution in [1.29, 1.82) is 0 Å². The van der Waals surface area contributed by atoms with Gasteiger partial charge in [-0.25, -0.2) is 0 Å². The number of ketones is 1. The Morgan fingerprint density at radius 2 is 1.89 bits per heavy atom. The Labute approximate surface area is 109 Å². The molecule has 2 nitrogen and oxygen atoms in total. The summed E-state index contributed by atoms with van der Waals surface area (Å²) in [7, 11) is 0. The molecule has 1 heterocycles. The Balaban J connectivity index is 2.53. The van der Waals surface area contributed by atoms with E-state index in [0.717, 1.165) is 5.56 Å². The number of ether oxygens (including phenoxy) is 1. The predicted octanol–water partition coefficient (Wildman–Crippen LogP) is 3.15. The van der Waals surface area contributed by atoms with Crippen molar-refractivity contribution in [2.45, 2.75) is 45.4 Å². The van der Waals surface area contributed by atoms with Gasteiger partial charge in [0, 0.05) is 0 Å². The fraction of sp³-hybridized carbons (Fsp3) is 0.562. The van der Waals surface area contributed by atoms with Crippen molar-refractivity contribution in [2.24, 2.45) is 0 Å². The molecule has 0 atom stereocenters. The minimum Gasteiger partial charge on any atom is -0.378 e. The summed E-state index contributed by atoms with van der Waals surface area (Å²) in [6.07, 6.45) is 0. The van der Waals surface area contributed by atoms with Gasteiger partial charge in [0.1, 0.15) is 11.2 Å². The van der Waals surface area contributed by atoms with Crippen LogP contribution in [0.1, 0.15) is 44.4 Å². The Hall–Kier alpha value is -1.15. The van der Waals surface area contributed by atoms with Crippen molar-refractivity contribution in [1.82, 2.24) is 0 Å². The third-order valence-corrected chi connectivity index (χ3v) is 3.99. The summed E-state index contributed by atoms with van der Waals surface area (Å²) in [4.78, 5) is 12.0. The number of benzene rings is 1. The first-order valence-electron chi connectivity index (χ1n) is 6.48. The number of aryl methyl sites for hydroxylation is 1. The maximum atomic E-state index is 12.0. The summed E-state index contributed by atoms with van der Waals surface area (Å²) in [5.74, 6) is 0.211. The lowest BCUT2D eigenvalue weighted by molar-refractivity contribution is -0.140. The van der Waals surface area contributed by atoms with Crippen LogP contribution in [0.25, 0.3) is 0 Å². The first kappa shape index (κ1) is 13.3. The van der Waals surface area contributed by atoms with E-state index in [-0.39, 0.29) is 11.2 Å². The van der Waals surface area contributed by atoms with Crippen LogP contribution in [0.3, 0.4) is 0 Å². The van der Waals surface area contributed by atoms with E-state index in [1.165, 1.54) is 11.1 Å². The van der Waals surface area contributed by atoms with Gasteiger partial charge in [0.25, 0.3) is 0 Å². The van der Waals surface area contributed by atoms with E-state index in [0.29, 0.717) is 13.2 Å². The molecule has 0 spiro atoms. The molecule has 0 unspecified atom stereocenters. The monoisotopic (exact) mass is 246 g/mol. The highest BCUT2D eigenvalue weighted by molar-refractivity contribution is 5.89. The Bertz CT molecular complexity index is 476. The van der Waals surface area contributed by atoms with E-state index in [1.807, 2.05) is 0 Å². The molecule has 1 fully saturated rings. The van der Waals surface area contributed by atoms with Gasteiger partial charge in [-0.2, -0.15) is 0 Å². The first-order chi connectivity index (χ1) is 8.27. The predicted molar refractivity (Wildman–Crippen MR) is 73.1 cm³/mol. The second-order valence-electron chi connectivity index (χ2n) is 6.41. The third kappa shape index (κ3) is 1.99. The zero-order valence-corrected chi connectivity index (χ0v) is 12.0. The van der Waals surface area contributed by atoms with Gasteiger partial charge in [-0.15, -0.1) is 0 Å². The van der Waals surface area contributed by atoms with Crippen LogP contribution in [0.4, 0.5) is 0 Å². The van der Waals surface area contributed by atoms with Crippen LogP contribution in [-0.4, -0.2) is 19.0 Å². The number of carbonyl (C=O) groups excluding carboxylic acids is 1. The van der Waals surface area contributed by atoms with Crippen LogP contribution in [0.15, 0.2) is 18.2 Å². The number of hydrogen-bond acceptors (Lipinski definition) is 2. The highest BCUT2D eigenvalue weighted by Gasteiger charge is 2.46. The Morgan fingerprint density at radius 1 is 1.28 bits per heavy atom. The fourth-order valence-electron chi connectivity index (χ4n) is 2.46. The van der Waals surface area contributed by atoms with Gasteiger partial charge in [0.2, 0.25) is 0 Å². The van der Waals surface area contributed by atoms with E-state index in [1.54, 1.807) is 6.92 Å². The molecular weight excluding hydrogens is 224 g/mol. The SMILES string of the molecule is CC(=O)C1(c2cc(C(C)(C)C)ccc2C)COC1. The second kappa shape index (κ2) is 4.20. The van der Waals surface area contributed by atoms with Crippen LogP contribution in [0.2, 0.25) is 0 Å². The summed E-state index contributed by atoms with van der Waals surface area (Å²) in [6, 6.07) is 6.48. The Kier molecular flexibility index (Phi) is 3.10. The molecule has 0 saturated carbocycles. The van der Waals surface area contributed by atoms with Crippen molar-refractivity contribution >= 4 is 5.78 Å². The van der Waals surface area contributed by atoms with E-state index in [9.17, 15) is 4.79 Å². The molecule has 0 aliphatic carbocycles. The zero-order valence-electron chi connectivity index (χ0n) is 12.0. The highest BCUT2D eigenvalue weighted by atomic mass is 16.5. The van der Waals surface area contributed by atoms with E-state index in [2.05, 4.69) is 45.9 Å². The van der Waals surface area contributed by atoms with Gasteiger partial charge in [-0.05, 0) is 36.0 Å². The molecule has 98 valence electrons. The van der Waals surface area contributed by atoms with E-state index in [4.69, 9.17) is 4.74 Å². The number of carbonyl (C=O) groups is 1. The van der Waals surface area contributed by atoms with Crippen molar-refractivity contribution in [3.05, 3.63) is 34.9 Å². The standard InChI is InChI=1S/C16H22O2/c1-11-6-7-13(15(3,4)5)8-14(11)16(12(2)17)9-18-10-16/h6-8H,9-10H2,1-5H3. The van der Waals surface area contributed by atoms with Crippen LogP contribution in [0, 0.1) is 6.92 Å². The largest absolute Gasteiger partial charge is 0.378 e. The van der Waals surface area contributed by atoms with Crippen molar-refractivity contribution < 1.29 is 9.53 Å². The molecule has 1 aliphatic heterocycles. The van der Waals surface area contributed by atoms with E-state index >= 15 is 0 Å². The minimum absolute atomic E-state index is 0.102. The summed E-state index contributed by atoms with van der Waals surface area (Å²) in [5.41, 5.74) is 3.31. The minimum atomic E-state index is -0.397. The van der Waals surface area contributed by atoms with Gasteiger partial charge in [-0.1, -0.05) is 39.0 Å². The Morgan fingerprint density at radius 3 is 2.28 bits per heavy atom. The quantitative estimate of drug-likeness (QED) is 0.801. The molecule has 0 bridgehead atoms. The van der Waals surface area contributed by atoms with Crippen molar-refractivity contribution in [3.8, 4) is 0 Å². The molecule has 0 N–H and O–H groups in total. The lowest BCUT2D eigenvalue weighted by Gasteiger charge is -2.41. The lowest BCUT2D eigenvalue weighted by atomic mass is 9.72. The van der Waals surface area contributed by atoms with E-state index < -0.39 is 5.41 Å². The second-order valence-corrected chi connectivity index (χ2v) is 6.41. The van der Waals surface area contributed by atoms with Crippen LogP contribution < -0.4 is 0 Å². The topological polar surface area (TPSA) is 26.3 Å². The molecule has 0 amide bonds. The van der Waals surface area contributed by atoms with Crippen LogP contribution in [-0.2, 0) is 20.4 Å².